The van der Waals surface area contributed by atoms with Gasteiger partial charge in [-0.2, -0.15) is 10.1 Å². The van der Waals surface area contributed by atoms with Crippen LogP contribution in [0.15, 0.2) is 54.7 Å². The Morgan fingerprint density at radius 3 is 2.78 bits per heavy atom. The molecule has 0 saturated heterocycles. The first-order valence-corrected chi connectivity index (χ1v) is 7.38. The molecule has 0 atom stereocenters. The van der Waals surface area contributed by atoms with Crippen molar-refractivity contribution in [3.63, 3.8) is 0 Å². The number of nitrogens with zero attached hydrogens (tertiary/aromatic N) is 4. The molecular weight excluding hydrogens is 293 g/mol. The Kier molecular flexibility index (Phi) is 3.34. The van der Waals surface area contributed by atoms with Gasteiger partial charge >= 0.3 is 0 Å². The SMILES string of the molecule is Fc1ccccc1Nc1cnnc(N2CCc3ccccc32)n1. The molecule has 2 aromatic carbocycles. The molecule has 0 aliphatic carbocycles. The predicted octanol–water partition coefficient (Wildman–Crippen LogP) is 3.45. The number of halogens is 1. The molecule has 0 saturated carbocycles. The van der Waals surface area contributed by atoms with E-state index in [0.717, 1.165) is 18.7 Å². The van der Waals surface area contributed by atoms with Gasteiger partial charge in [-0.1, -0.05) is 30.3 Å². The molecule has 6 heteroatoms. The van der Waals surface area contributed by atoms with Crippen molar-refractivity contribution < 1.29 is 4.39 Å². The molecule has 0 spiro atoms. The van der Waals surface area contributed by atoms with Crippen LogP contribution in [0.25, 0.3) is 0 Å². The molecule has 1 aliphatic rings. The van der Waals surface area contributed by atoms with Gasteiger partial charge in [0.1, 0.15) is 5.82 Å². The first-order chi connectivity index (χ1) is 11.3. The van der Waals surface area contributed by atoms with Crippen molar-refractivity contribution in [1.29, 1.82) is 0 Å². The number of hydrogen-bond donors (Lipinski definition) is 1. The van der Waals surface area contributed by atoms with Crippen molar-refractivity contribution in [3.05, 3.63) is 66.1 Å². The van der Waals surface area contributed by atoms with Crippen LogP contribution >= 0.6 is 0 Å². The van der Waals surface area contributed by atoms with Crippen LogP contribution in [0.3, 0.4) is 0 Å². The average Bonchev–Trinajstić information content (AvgIpc) is 3.01. The average molecular weight is 307 g/mol. The van der Waals surface area contributed by atoms with Crippen molar-refractivity contribution in [3.8, 4) is 0 Å². The summed E-state index contributed by atoms with van der Waals surface area (Å²) in [5.74, 6) is 0.639. The summed E-state index contributed by atoms with van der Waals surface area (Å²) >= 11 is 0. The fraction of sp³-hybridized carbons (Fsp3) is 0.118. The molecule has 0 fully saturated rings. The second-order valence-electron chi connectivity index (χ2n) is 5.28. The molecule has 1 N–H and O–H groups in total. The highest BCUT2D eigenvalue weighted by Gasteiger charge is 2.22. The molecule has 0 unspecified atom stereocenters. The molecule has 1 aromatic heterocycles. The standard InChI is InChI=1S/C17H14FN5/c18-13-6-2-3-7-14(13)20-16-11-19-22-17(21-16)23-10-9-12-5-1-4-8-15(12)23/h1-8,11H,9-10H2,(H,20,21,22). The van der Waals surface area contributed by atoms with Crippen LogP contribution in [0.5, 0.6) is 0 Å². The Balaban J connectivity index is 1.64. The monoisotopic (exact) mass is 307 g/mol. The van der Waals surface area contributed by atoms with Crippen LogP contribution in [0.4, 0.5) is 27.5 Å². The second kappa shape index (κ2) is 5.64. The van der Waals surface area contributed by atoms with Gasteiger partial charge in [0, 0.05) is 12.2 Å². The maximum atomic E-state index is 13.7. The van der Waals surface area contributed by atoms with Crippen LogP contribution in [0.2, 0.25) is 0 Å². The molecule has 1 aliphatic heterocycles. The lowest BCUT2D eigenvalue weighted by atomic mass is 10.2. The maximum Gasteiger partial charge on any atom is 0.251 e. The van der Waals surface area contributed by atoms with Gasteiger partial charge in [-0.3, -0.25) is 0 Å². The summed E-state index contributed by atoms with van der Waals surface area (Å²) in [6.07, 6.45) is 2.43. The van der Waals surface area contributed by atoms with Crippen molar-refractivity contribution in [2.24, 2.45) is 0 Å². The smallest absolute Gasteiger partial charge is 0.251 e. The highest BCUT2D eigenvalue weighted by molar-refractivity contribution is 5.66. The Hall–Kier alpha value is -3.02. The van der Waals surface area contributed by atoms with E-state index in [2.05, 4.69) is 26.6 Å². The summed E-state index contributed by atoms with van der Waals surface area (Å²) in [5.41, 5.74) is 2.72. The lowest BCUT2D eigenvalue weighted by Crippen LogP contribution is -2.17. The van der Waals surface area contributed by atoms with Gasteiger partial charge in [-0.15, -0.1) is 5.10 Å². The summed E-state index contributed by atoms with van der Waals surface area (Å²) in [5, 5.41) is 11.0. The number of aromatic nitrogens is 3. The number of rotatable bonds is 3. The van der Waals surface area contributed by atoms with Crippen molar-refractivity contribution >= 4 is 23.1 Å². The number of nitrogens with one attached hydrogen (secondary N) is 1. The largest absolute Gasteiger partial charge is 0.336 e. The fourth-order valence-electron chi connectivity index (χ4n) is 2.72. The zero-order valence-corrected chi connectivity index (χ0v) is 12.3. The van der Waals surface area contributed by atoms with Crippen LogP contribution in [-0.4, -0.2) is 21.7 Å². The highest BCUT2D eigenvalue weighted by atomic mass is 19.1. The van der Waals surface area contributed by atoms with E-state index in [1.165, 1.54) is 17.8 Å². The molecule has 5 nitrogen and oxygen atoms in total. The van der Waals surface area contributed by atoms with Crippen LogP contribution in [0.1, 0.15) is 5.56 Å². The number of fused-ring (bicyclic) bond motifs is 1. The lowest BCUT2D eigenvalue weighted by Gasteiger charge is -2.17. The predicted molar refractivity (Wildman–Crippen MR) is 86.7 cm³/mol. The summed E-state index contributed by atoms with van der Waals surface area (Å²) in [6.45, 7) is 0.810. The Bertz CT molecular complexity index is 852. The van der Waals surface area contributed by atoms with Gasteiger partial charge < -0.3 is 10.2 Å². The normalized spacial score (nSPS) is 13.0. The number of hydrogen-bond acceptors (Lipinski definition) is 5. The Morgan fingerprint density at radius 1 is 1.04 bits per heavy atom. The van der Waals surface area contributed by atoms with Gasteiger partial charge in [-0.05, 0) is 30.2 Å². The van der Waals surface area contributed by atoms with Crippen LogP contribution in [0, 0.1) is 5.82 Å². The third-order valence-corrected chi connectivity index (χ3v) is 3.81. The molecule has 4 rings (SSSR count). The minimum Gasteiger partial charge on any atom is -0.336 e. The lowest BCUT2D eigenvalue weighted by molar-refractivity contribution is 0.631. The molecule has 23 heavy (non-hydrogen) atoms. The second-order valence-corrected chi connectivity index (χ2v) is 5.28. The van der Waals surface area contributed by atoms with Crippen molar-refractivity contribution in [2.75, 3.05) is 16.8 Å². The molecular formula is C17H14FN5. The minimum atomic E-state index is -0.334. The van der Waals surface area contributed by atoms with Crippen molar-refractivity contribution in [2.45, 2.75) is 6.42 Å². The maximum absolute atomic E-state index is 13.7. The van der Waals surface area contributed by atoms with Crippen molar-refractivity contribution in [1.82, 2.24) is 15.2 Å². The summed E-state index contributed by atoms with van der Waals surface area (Å²) in [7, 11) is 0. The number of anilines is 4. The zero-order valence-electron chi connectivity index (χ0n) is 12.3. The quantitative estimate of drug-likeness (QED) is 0.803. The summed E-state index contributed by atoms with van der Waals surface area (Å²) < 4.78 is 13.7. The highest BCUT2D eigenvalue weighted by Crippen LogP contribution is 2.32. The van der Waals surface area contributed by atoms with Crippen LogP contribution < -0.4 is 10.2 Å². The molecule has 0 amide bonds. The summed E-state index contributed by atoms with van der Waals surface area (Å²) in [6, 6.07) is 14.6. The Morgan fingerprint density at radius 2 is 1.87 bits per heavy atom. The molecule has 0 bridgehead atoms. The third-order valence-electron chi connectivity index (χ3n) is 3.81. The van der Waals surface area contributed by atoms with Crippen LogP contribution in [-0.2, 0) is 6.42 Å². The van der Waals surface area contributed by atoms with Gasteiger partial charge in [0.25, 0.3) is 5.95 Å². The zero-order chi connectivity index (χ0) is 15.6. The van der Waals surface area contributed by atoms with E-state index in [1.54, 1.807) is 18.2 Å². The van der Waals surface area contributed by atoms with E-state index < -0.39 is 0 Å². The van der Waals surface area contributed by atoms with E-state index in [1.807, 2.05) is 23.1 Å². The summed E-state index contributed by atoms with van der Waals surface area (Å²) in [4.78, 5) is 6.49. The van der Waals surface area contributed by atoms with E-state index >= 15 is 0 Å². The molecule has 0 radical (unpaired) electrons. The third kappa shape index (κ3) is 2.59. The van der Waals surface area contributed by atoms with E-state index in [9.17, 15) is 4.39 Å². The molecule has 3 aromatic rings. The number of benzene rings is 2. The van der Waals surface area contributed by atoms with E-state index in [4.69, 9.17) is 0 Å². The van der Waals surface area contributed by atoms with Gasteiger partial charge in [0.15, 0.2) is 5.82 Å². The van der Waals surface area contributed by atoms with E-state index in [-0.39, 0.29) is 5.82 Å². The van der Waals surface area contributed by atoms with Gasteiger partial charge in [0.05, 0.1) is 11.9 Å². The molecule has 2 heterocycles. The Labute approximate surface area is 132 Å². The minimum absolute atomic E-state index is 0.334. The topological polar surface area (TPSA) is 53.9 Å². The van der Waals surface area contributed by atoms with Gasteiger partial charge in [0.2, 0.25) is 0 Å². The first-order valence-electron chi connectivity index (χ1n) is 7.38. The van der Waals surface area contributed by atoms with E-state index in [0.29, 0.717) is 17.5 Å². The first kappa shape index (κ1) is 13.6. The number of para-hydroxylation sites is 2. The fourth-order valence-corrected chi connectivity index (χ4v) is 2.72. The van der Waals surface area contributed by atoms with Gasteiger partial charge in [-0.25, -0.2) is 4.39 Å². The molecule has 114 valence electrons.